The summed E-state index contributed by atoms with van der Waals surface area (Å²) in [5.41, 5.74) is 3.94. The molecule has 1 aliphatic rings. The number of amidine groups is 1. The van der Waals surface area contributed by atoms with Crippen molar-refractivity contribution in [2.24, 2.45) is 4.99 Å². The fourth-order valence-electron chi connectivity index (χ4n) is 3.11. The van der Waals surface area contributed by atoms with Gasteiger partial charge in [0.25, 0.3) is 5.91 Å². The van der Waals surface area contributed by atoms with Crippen molar-refractivity contribution in [2.45, 2.75) is 6.92 Å². The van der Waals surface area contributed by atoms with Crippen LogP contribution in [0.15, 0.2) is 76.8 Å². The van der Waals surface area contributed by atoms with Crippen molar-refractivity contribution in [2.75, 3.05) is 14.2 Å². The minimum atomic E-state index is -0.0421. The number of nitrogens with zero attached hydrogens (tertiary/aromatic N) is 3. The molecular weight excluding hydrogens is 382 g/mol. The van der Waals surface area contributed by atoms with E-state index in [1.807, 2.05) is 73.8 Å². The van der Waals surface area contributed by atoms with E-state index in [1.165, 1.54) is 11.8 Å². The molecule has 0 atom stereocenters. The van der Waals surface area contributed by atoms with Gasteiger partial charge in [0.1, 0.15) is 5.75 Å². The van der Waals surface area contributed by atoms with E-state index in [2.05, 4.69) is 15.6 Å². The first-order valence-corrected chi connectivity index (χ1v) is 10.0. The van der Waals surface area contributed by atoms with E-state index in [4.69, 9.17) is 4.74 Å². The highest BCUT2D eigenvalue weighted by atomic mass is 32.2. The molecule has 5 nitrogen and oxygen atoms in total. The molecule has 0 radical (unpaired) electrons. The van der Waals surface area contributed by atoms with Crippen molar-refractivity contribution in [1.82, 2.24) is 9.47 Å². The quantitative estimate of drug-likeness (QED) is 0.574. The van der Waals surface area contributed by atoms with Crippen LogP contribution in [0, 0.1) is 6.92 Å². The predicted octanol–water partition coefficient (Wildman–Crippen LogP) is 5.03. The van der Waals surface area contributed by atoms with E-state index in [-0.39, 0.29) is 5.91 Å². The number of hydrogen-bond donors (Lipinski definition) is 0. The van der Waals surface area contributed by atoms with Crippen molar-refractivity contribution < 1.29 is 9.53 Å². The normalized spacial score (nSPS) is 16.8. The number of aryl methyl sites for hydroxylation is 1. The van der Waals surface area contributed by atoms with Crippen molar-refractivity contribution in [1.29, 1.82) is 0 Å². The van der Waals surface area contributed by atoms with E-state index in [0.29, 0.717) is 10.1 Å². The van der Waals surface area contributed by atoms with Gasteiger partial charge in [-0.3, -0.25) is 9.69 Å². The molecule has 0 bridgehead atoms. The molecule has 146 valence electrons. The number of rotatable bonds is 4. The van der Waals surface area contributed by atoms with Crippen molar-refractivity contribution >= 4 is 34.6 Å². The molecule has 2 aromatic carbocycles. The lowest BCUT2D eigenvalue weighted by Crippen LogP contribution is -2.23. The van der Waals surface area contributed by atoms with E-state index in [0.717, 1.165) is 28.4 Å². The van der Waals surface area contributed by atoms with Crippen LogP contribution in [-0.4, -0.2) is 34.7 Å². The third-order valence-electron chi connectivity index (χ3n) is 4.67. The Labute approximate surface area is 174 Å². The molecule has 0 N–H and O–H groups in total. The van der Waals surface area contributed by atoms with Crippen LogP contribution >= 0.6 is 11.8 Å². The highest BCUT2D eigenvalue weighted by Gasteiger charge is 2.30. The van der Waals surface area contributed by atoms with Gasteiger partial charge in [0.15, 0.2) is 5.17 Å². The molecule has 0 unspecified atom stereocenters. The van der Waals surface area contributed by atoms with Crippen molar-refractivity contribution in [3.8, 4) is 11.4 Å². The highest BCUT2D eigenvalue weighted by molar-refractivity contribution is 8.18. The zero-order valence-electron chi connectivity index (χ0n) is 16.5. The highest BCUT2D eigenvalue weighted by Crippen LogP contribution is 2.33. The van der Waals surface area contributed by atoms with E-state index in [9.17, 15) is 4.79 Å². The number of amides is 1. The number of carbonyl (C=O) groups is 1. The average Bonchev–Trinajstić information content (AvgIpc) is 3.23. The summed E-state index contributed by atoms with van der Waals surface area (Å²) in [5.74, 6) is 0.779. The molecule has 1 saturated heterocycles. The van der Waals surface area contributed by atoms with Crippen LogP contribution in [0.4, 0.5) is 5.69 Å². The molecule has 1 amide bonds. The molecule has 1 aromatic heterocycles. The Balaban J connectivity index is 1.61. The number of thioether (sulfide) groups is 1. The zero-order valence-corrected chi connectivity index (χ0v) is 17.3. The summed E-state index contributed by atoms with van der Waals surface area (Å²) in [6.07, 6.45) is 3.95. The van der Waals surface area contributed by atoms with Crippen molar-refractivity contribution in [3.63, 3.8) is 0 Å². The first-order chi connectivity index (χ1) is 14.0. The topological polar surface area (TPSA) is 46.8 Å². The summed E-state index contributed by atoms with van der Waals surface area (Å²) >= 11 is 1.39. The third-order valence-corrected chi connectivity index (χ3v) is 5.73. The molecule has 1 fully saturated rings. The minimum Gasteiger partial charge on any atom is -0.497 e. The van der Waals surface area contributed by atoms with Crippen LogP contribution in [0.25, 0.3) is 11.8 Å². The smallest absolute Gasteiger partial charge is 0.266 e. The van der Waals surface area contributed by atoms with E-state index in [1.54, 1.807) is 19.1 Å². The first kappa shape index (κ1) is 19.1. The molecule has 6 heteroatoms. The fraction of sp³-hybridized carbons (Fsp3) is 0.130. The number of aromatic nitrogens is 1. The second-order valence-electron chi connectivity index (χ2n) is 6.69. The van der Waals surface area contributed by atoms with Crippen LogP contribution < -0.4 is 4.74 Å². The molecule has 0 aliphatic carbocycles. The van der Waals surface area contributed by atoms with Crippen LogP contribution in [0.5, 0.6) is 5.75 Å². The Kier molecular flexibility index (Phi) is 5.27. The second kappa shape index (κ2) is 8.01. The molecule has 4 rings (SSSR count). The summed E-state index contributed by atoms with van der Waals surface area (Å²) in [4.78, 5) is 19.5. The fourth-order valence-corrected chi connectivity index (χ4v) is 4.10. The molecule has 29 heavy (non-hydrogen) atoms. The van der Waals surface area contributed by atoms with E-state index >= 15 is 0 Å². The van der Waals surface area contributed by atoms with Crippen LogP contribution in [0.2, 0.25) is 0 Å². The molecule has 1 aliphatic heterocycles. The lowest BCUT2D eigenvalue weighted by molar-refractivity contribution is -0.121. The Morgan fingerprint density at radius 1 is 1.07 bits per heavy atom. The maximum Gasteiger partial charge on any atom is 0.266 e. The average molecular weight is 404 g/mol. The summed E-state index contributed by atoms with van der Waals surface area (Å²) in [5, 5.41) is 0.679. The first-order valence-electron chi connectivity index (χ1n) is 9.20. The molecule has 0 saturated carbocycles. The van der Waals surface area contributed by atoms with Gasteiger partial charge in [0, 0.05) is 24.6 Å². The number of likely N-dealkylation sites (N-methyl/N-ethyl adjacent to an activating group) is 1. The van der Waals surface area contributed by atoms with Gasteiger partial charge in [-0.05, 0) is 72.8 Å². The summed E-state index contributed by atoms with van der Waals surface area (Å²) in [7, 11) is 3.41. The van der Waals surface area contributed by atoms with Gasteiger partial charge in [-0.1, -0.05) is 18.2 Å². The number of aliphatic imine (C=N–C) groups is 1. The van der Waals surface area contributed by atoms with Gasteiger partial charge in [-0.15, -0.1) is 0 Å². The number of ether oxygens (including phenoxy) is 1. The number of methoxy groups -OCH3 is 1. The van der Waals surface area contributed by atoms with Gasteiger partial charge >= 0.3 is 0 Å². The van der Waals surface area contributed by atoms with Crippen LogP contribution in [0.1, 0.15) is 11.3 Å². The molecular formula is C23H21N3O2S. The predicted molar refractivity (Wildman–Crippen MR) is 119 cm³/mol. The lowest BCUT2D eigenvalue weighted by atomic mass is 10.3. The Hall–Kier alpha value is -3.25. The maximum absolute atomic E-state index is 12.7. The zero-order chi connectivity index (χ0) is 20.4. The molecule has 2 heterocycles. The van der Waals surface area contributed by atoms with E-state index < -0.39 is 0 Å². The summed E-state index contributed by atoms with van der Waals surface area (Å²) in [6.45, 7) is 2.05. The van der Waals surface area contributed by atoms with Gasteiger partial charge in [-0.2, -0.15) is 0 Å². The van der Waals surface area contributed by atoms with Gasteiger partial charge in [0.2, 0.25) is 0 Å². The Morgan fingerprint density at radius 2 is 1.79 bits per heavy atom. The largest absolute Gasteiger partial charge is 0.497 e. The standard InChI is InChI=1S/C23H21N3O2S/c1-16-13-17(15-26(16)19-9-11-20(28-3)12-10-19)14-21-22(27)25(2)23(29-21)24-18-7-5-4-6-8-18/h4-15H,1-3H3/b21-14+,24-23?. The molecule has 0 spiro atoms. The van der Waals surface area contributed by atoms with Crippen LogP contribution in [-0.2, 0) is 4.79 Å². The van der Waals surface area contributed by atoms with Crippen LogP contribution in [0.3, 0.4) is 0 Å². The Bertz CT molecular complexity index is 1100. The Morgan fingerprint density at radius 3 is 2.48 bits per heavy atom. The second-order valence-corrected chi connectivity index (χ2v) is 7.70. The van der Waals surface area contributed by atoms with Gasteiger partial charge in [0.05, 0.1) is 17.7 Å². The SMILES string of the molecule is COc1ccc(-n2cc(/C=C3/SC(=Nc4ccccc4)N(C)C3=O)cc2C)cc1. The number of carbonyl (C=O) groups excluding carboxylic acids is 1. The number of hydrogen-bond acceptors (Lipinski definition) is 4. The number of para-hydroxylation sites is 1. The van der Waals surface area contributed by atoms with Gasteiger partial charge < -0.3 is 9.30 Å². The lowest BCUT2D eigenvalue weighted by Gasteiger charge is -2.07. The third kappa shape index (κ3) is 3.98. The number of benzene rings is 2. The summed E-state index contributed by atoms with van der Waals surface area (Å²) in [6, 6.07) is 19.6. The molecule has 3 aromatic rings. The van der Waals surface area contributed by atoms with Gasteiger partial charge in [-0.25, -0.2) is 4.99 Å². The minimum absolute atomic E-state index is 0.0421. The summed E-state index contributed by atoms with van der Waals surface area (Å²) < 4.78 is 7.32. The monoisotopic (exact) mass is 403 g/mol. The maximum atomic E-state index is 12.7. The van der Waals surface area contributed by atoms with Crippen molar-refractivity contribution in [3.05, 3.63) is 83.0 Å².